The molecule has 2 aromatic heterocycles. The van der Waals surface area contributed by atoms with Crippen LogP contribution in [0.3, 0.4) is 0 Å². The smallest absolute Gasteiger partial charge is 0.243 e. The Morgan fingerprint density at radius 2 is 2.17 bits per heavy atom. The first-order valence-electron chi connectivity index (χ1n) is 6.26. The van der Waals surface area contributed by atoms with E-state index in [1.807, 2.05) is 0 Å². The van der Waals surface area contributed by atoms with Crippen molar-refractivity contribution in [2.75, 3.05) is 5.32 Å². The van der Waals surface area contributed by atoms with Gasteiger partial charge in [0, 0.05) is 12.1 Å². The van der Waals surface area contributed by atoms with Gasteiger partial charge in [-0.3, -0.25) is 0 Å². The predicted molar refractivity (Wildman–Crippen MR) is 66.8 cm³/mol. The number of nitrogens with two attached hydrogens (primary N) is 1. The Bertz CT molecular complexity index is 552. The van der Waals surface area contributed by atoms with Crippen LogP contribution in [0, 0.1) is 5.82 Å². The average Bonchev–Trinajstić information content (AvgIpc) is 2.73. The lowest BCUT2D eigenvalue weighted by Crippen LogP contribution is -2.42. The van der Waals surface area contributed by atoms with Gasteiger partial charge in [0.05, 0.1) is 6.20 Å². The third kappa shape index (κ3) is 2.15. The number of hydrogen-bond acceptors (Lipinski definition) is 4. The molecule has 0 aromatic carbocycles. The zero-order chi connectivity index (χ0) is 12.5. The monoisotopic (exact) mass is 249 g/mol. The summed E-state index contributed by atoms with van der Waals surface area (Å²) in [4.78, 5) is 4.30. The summed E-state index contributed by atoms with van der Waals surface area (Å²) in [5, 5.41) is 7.45. The summed E-state index contributed by atoms with van der Waals surface area (Å²) >= 11 is 0. The molecule has 2 heterocycles. The zero-order valence-corrected chi connectivity index (χ0v) is 10.0. The topological polar surface area (TPSA) is 68.2 Å². The molecule has 3 rings (SSSR count). The number of halogens is 1. The van der Waals surface area contributed by atoms with Crippen molar-refractivity contribution in [3.05, 3.63) is 24.1 Å². The fourth-order valence-corrected chi connectivity index (χ4v) is 2.42. The summed E-state index contributed by atoms with van der Waals surface area (Å²) in [5.41, 5.74) is 6.69. The fourth-order valence-electron chi connectivity index (χ4n) is 2.42. The molecule has 1 saturated carbocycles. The van der Waals surface area contributed by atoms with Crippen molar-refractivity contribution < 1.29 is 4.39 Å². The van der Waals surface area contributed by atoms with E-state index in [9.17, 15) is 4.39 Å². The van der Waals surface area contributed by atoms with E-state index >= 15 is 0 Å². The van der Waals surface area contributed by atoms with E-state index in [1.165, 1.54) is 29.6 Å². The van der Waals surface area contributed by atoms with Crippen LogP contribution in [0.4, 0.5) is 10.3 Å². The lowest BCUT2D eigenvalue weighted by atomic mass is 9.91. The highest BCUT2D eigenvalue weighted by molar-refractivity contribution is 5.43. The Hall–Kier alpha value is -1.69. The Morgan fingerprint density at radius 1 is 1.33 bits per heavy atom. The molecule has 1 aliphatic rings. The van der Waals surface area contributed by atoms with E-state index in [2.05, 4.69) is 15.4 Å². The van der Waals surface area contributed by atoms with Crippen molar-refractivity contribution in [2.45, 2.75) is 37.8 Å². The largest absolute Gasteiger partial charge is 0.349 e. The average molecular weight is 249 g/mol. The number of fused-ring (bicyclic) bond motifs is 1. The van der Waals surface area contributed by atoms with Crippen molar-refractivity contribution in [1.82, 2.24) is 14.6 Å². The van der Waals surface area contributed by atoms with Crippen molar-refractivity contribution in [3.8, 4) is 0 Å². The molecule has 6 heteroatoms. The minimum absolute atomic E-state index is 0.141. The summed E-state index contributed by atoms with van der Waals surface area (Å²) in [6, 6.07) is 3.33. The molecule has 2 atom stereocenters. The van der Waals surface area contributed by atoms with Crippen LogP contribution in [-0.2, 0) is 0 Å². The van der Waals surface area contributed by atoms with E-state index in [0.717, 1.165) is 12.8 Å². The second-order valence-electron chi connectivity index (χ2n) is 4.78. The molecule has 2 aromatic rings. The van der Waals surface area contributed by atoms with Crippen LogP contribution in [0.2, 0.25) is 0 Å². The molecular weight excluding hydrogens is 233 g/mol. The van der Waals surface area contributed by atoms with Gasteiger partial charge in [-0.25, -0.2) is 8.91 Å². The van der Waals surface area contributed by atoms with Gasteiger partial charge in [0.15, 0.2) is 5.65 Å². The summed E-state index contributed by atoms with van der Waals surface area (Å²) in [7, 11) is 0. The van der Waals surface area contributed by atoms with Crippen LogP contribution < -0.4 is 11.1 Å². The van der Waals surface area contributed by atoms with E-state index < -0.39 is 0 Å². The van der Waals surface area contributed by atoms with Gasteiger partial charge in [-0.15, -0.1) is 5.10 Å². The molecule has 0 bridgehead atoms. The van der Waals surface area contributed by atoms with Crippen LogP contribution in [0.15, 0.2) is 18.3 Å². The van der Waals surface area contributed by atoms with Gasteiger partial charge in [-0.05, 0) is 25.0 Å². The molecular formula is C12H16FN5. The predicted octanol–water partition coefficient (Wildman–Crippen LogP) is 1.55. The number of pyridine rings is 1. The van der Waals surface area contributed by atoms with Gasteiger partial charge < -0.3 is 11.1 Å². The van der Waals surface area contributed by atoms with Gasteiger partial charge in [0.1, 0.15) is 5.82 Å². The number of rotatable bonds is 2. The van der Waals surface area contributed by atoms with E-state index in [0.29, 0.717) is 11.6 Å². The van der Waals surface area contributed by atoms with Gasteiger partial charge in [-0.2, -0.15) is 4.98 Å². The molecule has 0 unspecified atom stereocenters. The lowest BCUT2D eigenvalue weighted by Gasteiger charge is -2.28. The highest BCUT2D eigenvalue weighted by Crippen LogP contribution is 2.20. The van der Waals surface area contributed by atoms with Crippen molar-refractivity contribution in [2.24, 2.45) is 5.73 Å². The fraction of sp³-hybridized carbons (Fsp3) is 0.500. The minimum Gasteiger partial charge on any atom is -0.349 e. The maximum atomic E-state index is 13.0. The normalized spacial score (nSPS) is 24.3. The molecule has 0 spiro atoms. The summed E-state index contributed by atoms with van der Waals surface area (Å²) in [6.07, 6.45) is 5.73. The van der Waals surface area contributed by atoms with Crippen LogP contribution in [-0.4, -0.2) is 26.7 Å². The first kappa shape index (κ1) is 11.4. The molecule has 5 nitrogen and oxygen atoms in total. The van der Waals surface area contributed by atoms with E-state index in [4.69, 9.17) is 5.73 Å². The van der Waals surface area contributed by atoms with Crippen molar-refractivity contribution in [3.63, 3.8) is 0 Å². The molecule has 0 amide bonds. The second kappa shape index (κ2) is 4.53. The van der Waals surface area contributed by atoms with E-state index in [1.54, 1.807) is 6.07 Å². The third-order valence-electron chi connectivity index (χ3n) is 3.43. The Labute approximate surface area is 104 Å². The summed E-state index contributed by atoms with van der Waals surface area (Å²) < 4.78 is 14.5. The van der Waals surface area contributed by atoms with Gasteiger partial charge in [0.25, 0.3) is 0 Å². The summed E-state index contributed by atoms with van der Waals surface area (Å²) in [5.74, 6) is 0.191. The van der Waals surface area contributed by atoms with Crippen LogP contribution in [0.25, 0.3) is 5.65 Å². The quantitative estimate of drug-likeness (QED) is 0.847. The Balaban J connectivity index is 1.81. The molecule has 1 aliphatic carbocycles. The maximum Gasteiger partial charge on any atom is 0.243 e. The van der Waals surface area contributed by atoms with Crippen LogP contribution >= 0.6 is 0 Å². The zero-order valence-electron chi connectivity index (χ0n) is 10.0. The van der Waals surface area contributed by atoms with Crippen molar-refractivity contribution >= 4 is 11.6 Å². The molecule has 18 heavy (non-hydrogen) atoms. The van der Waals surface area contributed by atoms with Gasteiger partial charge in [0.2, 0.25) is 5.95 Å². The highest BCUT2D eigenvalue weighted by Gasteiger charge is 2.22. The second-order valence-corrected chi connectivity index (χ2v) is 4.78. The number of aromatic nitrogens is 3. The number of nitrogens with one attached hydrogen (secondary N) is 1. The molecule has 1 fully saturated rings. The molecule has 96 valence electrons. The molecule has 3 N–H and O–H groups in total. The first-order chi connectivity index (χ1) is 8.72. The standard InChI is InChI=1S/C12H16FN5/c13-8-5-6-11-16-12(17-18(11)7-8)15-10-4-2-1-3-9(10)14/h5-7,9-10H,1-4,14H2,(H,15,17)/t9-,10-/m1/s1. The van der Waals surface area contributed by atoms with Gasteiger partial charge >= 0.3 is 0 Å². The number of anilines is 1. The highest BCUT2D eigenvalue weighted by atomic mass is 19.1. The lowest BCUT2D eigenvalue weighted by molar-refractivity contribution is 0.402. The van der Waals surface area contributed by atoms with E-state index in [-0.39, 0.29) is 17.9 Å². The Kier molecular flexibility index (Phi) is 2.87. The number of hydrogen-bond donors (Lipinski definition) is 2. The van der Waals surface area contributed by atoms with Crippen LogP contribution in [0.1, 0.15) is 25.7 Å². The SMILES string of the molecule is N[C@@H]1CCCC[C@H]1Nc1nc2ccc(F)cn2n1. The summed E-state index contributed by atoms with van der Waals surface area (Å²) in [6.45, 7) is 0. The third-order valence-corrected chi connectivity index (χ3v) is 3.43. The Morgan fingerprint density at radius 3 is 3.00 bits per heavy atom. The molecule has 0 radical (unpaired) electrons. The minimum atomic E-state index is -0.326. The molecule has 0 aliphatic heterocycles. The molecule has 0 saturated heterocycles. The number of nitrogens with zero attached hydrogens (tertiary/aromatic N) is 3. The maximum absolute atomic E-state index is 13.0. The van der Waals surface area contributed by atoms with Gasteiger partial charge in [-0.1, -0.05) is 12.8 Å². The van der Waals surface area contributed by atoms with Crippen molar-refractivity contribution in [1.29, 1.82) is 0 Å². The first-order valence-corrected chi connectivity index (χ1v) is 6.26. The van der Waals surface area contributed by atoms with Crippen LogP contribution in [0.5, 0.6) is 0 Å².